The number of halogens is 5. The summed E-state index contributed by atoms with van der Waals surface area (Å²) >= 11 is 0. The quantitative estimate of drug-likeness (QED) is 0.760. The number of rotatable bonds is 2. The van der Waals surface area contributed by atoms with E-state index in [0.29, 0.717) is 0 Å². The van der Waals surface area contributed by atoms with Crippen LogP contribution >= 0.6 is 0 Å². The molecule has 0 saturated heterocycles. The fourth-order valence-corrected chi connectivity index (χ4v) is 3.71. The fourth-order valence-electron chi connectivity index (χ4n) is 3.71. The minimum Gasteiger partial charge on any atom is -0.457 e. The van der Waals surface area contributed by atoms with Crippen LogP contribution in [0.1, 0.15) is 28.7 Å². The SMILES string of the molecule is C=C1C[C@]2(O)c3c(ccc(Oc4cc(F)cc(C#N)c4)c31)C(F)(F)C2(F)F. The number of nitrogens with zero attached hydrogens (tertiary/aromatic N) is 1. The Bertz CT molecular complexity index is 1060. The van der Waals surface area contributed by atoms with Crippen LogP contribution in [-0.4, -0.2) is 11.0 Å². The first-order valence-electron chi connectivity index (χ1n) is 7.75. The molecule has 1 N–H and O–H groups in total. The molecule has 0 saturated carbocycles. The summed E-state index contributed by atoms with van der Waals surface area (Å²) in [7, 11) is 0. The molecule has 138 valence electrons. The summed E-state index contributed by atoms with van der Waals surface area (Å²) in [5.74, 6) is -10.3. The zero-order valence-electron chi connectivity index (χ0n) is 13.5. The van der Waals surface area contributed by atoms with Gasteiger partial charge < -0.3 is 9.84 Å². The molecule has 2 aliphatic carbocycles. The minimum absolute atomic E-state index is 0.00330. The third kappa shape index (κ3) is 2.03. The topological polar surface area (TPSA) is 53.2 Å². The van der Waals surface area contributed by atoms with Gasteiger partial charge in [0.25, 0.3) is 0 Å². The smallest absolute Gasteiger partial charge is 0.346 e. The lowest BCUT2D eigenvalue weighted by atomic mass is 9.94. The highest BCUT2D eigenvalue weighted by Gasteiger charge is 2.78. The summed E-state index contributed by atoms with van der Waals surface area (Å²) in [6.07, 6.45) is -0.787. The summed E-state index contributed by atoms with van der Waals surface area (Å²) in [4.78, 5) is 0. The Morgan fingerprint density at radius 2 is 1.85 bits per heavy atom. The Morgan fingerprint density at radius 3 is 2.52 bits per heavy atom. The van der Waals surface area contributed by atoms with E-state index in [1.54, 1.807) is 6.07 Å². The van der Waals surface area contributed by atoms with Gasteiger partial charge >= 0.3 is 11.8 Å². The summed E-state index contributed by atoms with van der Waals surface area (Å²) in [6.45, 7) is 3.59. The Kier molecular flexibility index (Phi) is 3.29. The molecule has 3 nitrogen and oxygen atoms in total. The number of benzene rings is 2. The second-order valence-electron chi connectivity index (χ2n) is 6.54. The number of aliphatic hydroxyl groups is 1. The Balaban J connectivity index is 1.90. The van der Waals surface area contributed by atoms with Crippen molar-refractivity contribution < 1.29 is 31.8 Å². The van der Waals surface area contributed by atoms with Crippen LogP contribution in [0.3, 0.4) is 0 Å². The van der Waals surface area contributed by atoms with Crippen molar-refractivity contribution >= 4 is 5.57 Å². The van der Waals surface area contributed by atoms with Crippen LogP contribution in [0.5, 0.6) is 11.5 Å². The molecule has 8 heteroatoms. The zero-order chi connectivity index (χ0) is 19.8. The summed E-state index contributed by atoms with van der Waals surface area (Å²) in [6, 6.07) is 6.65. The predicted molar refractivity (Wildman–Crippen MR) is 84.0 cm³/mol. The molecule has 2 aromatic carbocycles. The highest BCUT2D eigenvalue weighted by atomic mass is 19.3. The van der Waals surface area contributed by atoms with E-state index in [1.165, 1.54) is 6.07 Å². The predicted octanol–water partition coefficient (Wildman–Crippen LogP) is 4.83. The lowest BCUT2D eigenvalue weighted by Gasteiger charge is -2.30. The maximum atomic E-state index is 14.3. The van der Waals surface area contributed by atoms with E-state index in [-0.39, 0.29) is 28.2 Å². The molecule has 2 aliphatic rings. The van der Waals surface area contributed by atoms with Crippen molar-refractivity contribution in [1.29, 1.82) is 5.26 Å². The van der Waals surface area contributed by atoms with Crippen molar-refractivity contribution in [3.05, 3.63) is 65.0 Å². The molecule has 27 heavy (non-hydrogen) atoms. The van der Waals surface area contributed by atoms with Crippen molar-refractivity contribution in [1.82, 2.24) is 0 Å². The summed E-state index contributed by atoms with van der Waals surface area (Å²) in [5.41, 5.74) is -4.93. The molecule has 4 rings (SSSR count). The minimum atomic E-state index is -4.72. The normalized spacial score (nSPS) is 23.8. The van der Waals surface area contributed by atoms with Crippen molar-refractivity contribution in [3.8, 4) is 17.6 Å². The zero-order valence-corrected chi connectivity index (χ0v) is 13.5. The Morgan fingerprint density at radius 1 is 1.15 bits per heavy atom. The van der Waals surface area contributed by atoms with Gasteiger partial charge in [0.2, 0.25) is 0 Å². The van der Waals surface area contributed by atoms with Gasteiger partial charge in [0.15, 0.2) is 5.60 Å². The van der Waals surface area contributed by atoms with Crippen LogP contribution in [0.25, 0.3) is 5.57 Å². The van der Waals surface area contributed by atoms with E-state index < -0.39 is 40.8 Å². The molecular weight excluding hydrogens is 369 g/mol. The van der Waals surface area contributed by atoms with Crippen LogP contribution in [-0.2, 0) is 11.5 Å². The van der Waals surface area contributed by atoms with Gasteiger partial charge in [-0.2, -0.15) is 22.8 Å². The standard InChI is InChI=1S/C19H10F5NO2/c1-9-7-17(26)16-13(18(21,22)19(17,23)24)2-3-14(15(9)16)27-12-5-10(8-25)4-11(20)6-12/h2-6,26H,1,7H2/t17-/m0/s1. The van der Waals surface area contributed by atoms with Gasteiger partial charge in [0.1, 0.15) is 17.3 Å². The van der Waals surface area contributed by atoms with Crippen LogP contribution in [0, 0.1) is 17.1 Å². The van der Waals surface area contributed by atoms with Gasteiger partial charge in [-0.3, -0.25) is 0 Å². The van der Waals surface area contributed by atoms with Crippen molar-refractivity contribution in [2.24, 2.45) is 0 Å². The number of hydrogen-bond donors (Lipinski definition) is 1. The van der Waals surface area contributed by atoms with Crippen molar-refractivity contribution in [3.63, 3.8) is 0 Å². The number of hydrogen-bond acceptors (Lipinski definition) is 3. The Labute approximate surface area is 149 Å². The summed E-state index contributed by atoms with van der Waals surface area (Å²) < 4.78 is 76.1. The number of ether oxygens (including phenoxy) is 1. The number of alkyl halides is 4. The first kappa shape index (κ1) is 17.5. The molecule has 0 aliphatic heterocycles. The first-order valence-corrected chi connectivity index (χ1v) is 7.75. The van der Waals surface area contributed by atoms with Crippen LogP contribution in [0.4, 0.5) is 22.0 Å². The third-order valence-electron chi connectivity index (χ3n) is 4.88. The maximum absolute atomic E-state index is 14.3. The maximum Gasteiger partial charge on any atom is 0.346 e. The van der Waals surface area contributed by atoms with Crippen LogP contribution in [0.15, 0.2) is 36.9 Å². The lowest BCUT2D eigenvalue weighted by Crippen LogP contribution is -2.47. The van der Waals surface area contributed by atoms with E-state index in [9.17, 15) is 27.1 Å². The average molecular weight is 379 g/mol. The Hall–Kier alpha value is -2.92. The molecule has 0 heterocycles. The second kappa shape index (κ2) is 5.08. The van der Waals surface area contributed by atoms with E-state index in [1.807, 2.05) is 0 Å². The molecular formula is C19H10F5NO2. The van der Waals surface area contributed by atoms with E-state index in [0.717, 1.165) is 24.3 Å². The molecule has 0 fully saturated rings. The average Bonchev–Trinajstić information content (AvgIpc) is 2.92. The second-order valence-corrected chi connectivity index (χ2v) is 6.54. The van der Waals surface area contributed by atoms with Crippen LogP contribution < -0.4 is 4.74 Å². The fraction of sp³-hybridized carbons (Fsp3) is 0.211. The highest BCUT2D eigenvalue weighted by molar-refractivity contribution is 5.82. The molecule has 0 amide bonds. The molecule has 0 bridgehead atoms. The number of nitriles is 1. The van der Waals surface area contributed by atoms with Gasteiger partial charge in [-0.25, -0.2) is 4.39 Å². The van der Waals surface area contributed by atoms with Crippen molar-refractivity contribution in [2.75, 3.05) is 0 Å². The van der Waals surface area contributed by atoms with Gasteiger partial charge in [-0.1, -0.05) is 6.58 Å². The third-order valence-corrected chi connectivity index (χ3v) is 4.88. The summed E-state index contributed by atoms with van der Waals surface area (Å²) in [5, 5.41) is 19.3. The van der Waals surface area contributed by atoms with Gasteiger partial charge in [0.05, 0.1) is 11.6 Å². The molecule has 0 radical (unpaired) electrons. The highest BCUT2D eigenvalue weighted by Crippen LogP contribution is 2.68. The molecule has 1 atom stereocenters. The largest absolute Gasteiger partial charge is 0.457 e. The first-order chi connectivity index (χ1) is 12.5. The molecule has 0 aromatic heterocycles. The van der Waals surface area contributed by atoms with E-state index in [4.69, 9.17) is 10.00 Å². The van der Waals surface area contributed by atoms with E-state index in [2.05, 4.69) is 6.58 Å². The monoisotopic (exact) mass is 379 g/mol. The van der Waals surface area contributed by atoms with Crippen LogP contribution in [0.2, 0.25) is 0 Å². The molecule has 2 aromatic rings. The lowest BCUT2D eigenvalue weighted by molar-refractivity contribution is -0.283. The van der Waals surface area contributed by atoms with Gasteiger partial charge in [-0.05, 0) is 29.8 Å². The van der Waals surface area contributed by atoms with Gasteiger partial charge in [-0.15, -0.1) is 0 Å². The van der Waals surface area contributed by atoms with Crippen molar-refractivity contribution in [2.45, 2.75) is 23.9 Å². The molecule has 0 spiro atoms. The molecule has 0 unspecified atom stereocenters. The van der Waals surface area contributed by atoms with E-state index >= 15 is 0 Å². The van der Waals surface area contributed by atoms with Gasteiger partial charge in [0, 0.05) is 29.2 Å².